The van der Waals surface area contributed by atoms with E-state index in [1.54, 1.807) is 27.7 Å². The molecule has 0 radical (unpaired) electrons. The molecule has 164 valence electrons. The highest BCUT2D eigenvalue weighted by atomic mass is 32.2. The first-order valence-electron chi connectivity index (χ1n) is 8.91. The van der Waals surface area contributed by atoms with Crippen molar-refractivity contribution in [2.24, 2.45) is 0 Å². The summed E-state index contributed by atoms with van der Waals surface area (Å²) in [5.74, 6) is -0.177. The number of benzene rings is 1. The zero-order valence-corrected chi connectivity index (χ0v) is 18.3. The van der Waals surface area contributed by atoms with Gasteiger partial charge in [-0.15, -0.1) is 0 Å². The number of hydroxylamine groups is 1. The van der Waals surface area contributed by atoms with Crippen LogP contribution in [-0.4, -0.2) is 51.8 Å². The molecule has 0 fully saturated rings. The average molecular weight is 432 g/mol. The van der Waals surface area contributed by atoms with Crippen molar-refractivity contribution in [3.05, 3.63) is 24.3 Å². The third-order valence-electron chi connectivity index (χ3n) is 3.36. The average Bonchev–Trinajstić information content (AvgIpc) is 2.59. The summed E-state index contributed by atoms with van der Waals surface area (Å²) in [4.78, 5) is 28.7. The summed E-state index contributed by atoms with van der Waals surface area (Å²) < 4.78 is 37.0. The predicted octanol–water partition coefficient (Wildman–Crippen LogP) is 1.32. The molecule has 0 unspecified atom stereocenters. The number of sulfonamides is 1. The second-order valence-electron chi connectivity index (χ2n) is 7.34. The smallest absolute Gasteiger partial charge is 0.407 e. The first kappa shape index (κ1) is 24.7. The fourth-order valence-corrected chi connectivity index (χ4v) is 3.19. The molecule has 10 nitrogen and oxygen atoms in total. The molecular weight excluding hydrogens is 402 g/mol. The first-order chi connectivity index (χ1) is 13.3. The Kier molecular flexibility index (Phi) is 8.86. The number of amides is 2. The highest BCUT2D eigenvalue weighted by Gasteiger charge is 2.23. The second-order valence-corrected chi connectivity index (χ2v) is 9.06. The van der Waals surface area contributed by atoms with Gasteiger partial charge in [0.2, 0.25) is 10.0 Å². The van der Waals surface area contributed by atoms with Crippen LogP contribution in [0, 0.1) is 0 Å². The van der Waals surface area contributed by atoms with Gasteiger partial charge in [-0.05, 0) is 58.9 Å². The van der Waals surface area contributed by atoms with Gasteiger partial charge in [0, 0.05) is 0 Å². The molecule has 0 saturated heterocycles. The van der Waals surface area contributed by atoms with Crippen molar-refractivity contribution in [3.8, 4) is 5.75 Å². The molecule has 0 heterocycles. The van der Waals surface area contributed by atoms with Crippen molar-refractivity contribution in [2.75, 3.05) is 13.7 Å². The van der Waals surface area contributed by atoms with E-state index < -0.39 is 39.7 Å². The minimum absolute atomic E-state index is 0.00551. The third-order valence-corrected chi connectivity index (χ3v) is 4.92. The second kappa shape index (κ2) is 10.4. The van der Waals surface area contributed by atoms with Crippen molar-refractivity contribution in [1.29, 1.82) is 0 Å². The lowest BCUT2D eigenvalue weighted by Crippen LogP contribution is -2.46. The molecule has 0 spiro atoms. The van der Waals surface area contributed by atoms with Crippen LogP contribution in [-0.2, 0) is 24.4 Å². The predicted molar refractivity (Wildman–Crippen MR) is 106 cm³/mol. The van der Waals surface area contributed by atoms with Crippen molar-refractivity contribution in [1.82, 2.24) is 15.5 Å². The molecule has 0 aromatic heterocycles. The van der Waals surface area contributed by atoms with E-state index in [9.17, 15) is 18.0 Å². The van der Waals surface area contributed by atoms with Crippen LogP contribution < -0.4 is 20.3 Å². The highest BCUT2D eigenvalue weighted by molar-refractivity contribution is 7.89. The van der Waals surface area contributed by atoms with Gasteiger partial charge in [-0.2, -0.15) is 4.72 Å². The summed E-state index contributed by atoms with van der Waals surface area (Å²) in [5.41, 5.74) is 1.52. The van der Waals surface area contributed by atoms with E-state index >= 15 is 0 Å². The number of carbonyl (C=O) groups is 2. The summed E-state index contributed by atoms with van der Waals surface area (Å²) in [5, 5.41) is 2.55. The largest absolute Gasteiger partial charge is 0.497 e. The van der Waals surface area contributed by atoms with E-state index in [1.807, 2.05) is 0 Å². The molecule has 0 saturated carbocycles. The molecule has 0 bridgehead atoms. The SMILES string of the molecule is COc1ccc(S(=O)(=O)N[C@@H](C)C(=O)NOC[C@@H](C)NC(=O)OC(C)(C)C)cc1. The molecule has 29 heavy (non-hydrogen) atoms. The Morgan fingerprint density at radius 1 is 1.10 bits per heavy atom. The molecule has 0 aliphatic rings. The maximum Gasteiger partial charge on any atom is 0.407 e. The van der Waals surface area contributed by atoms with Crippen LogP contribution in [0.5, 0.6) is 5.75 Å². The quantitative estimate of drug-likeness (QED) is 0.502. The topological polar surface area (TPSA) is 132 Å². The Balaban J connectivity index is 2.46. The maximum atomic E-state index is 12.3. The monoisotopic (exact) mass is 431 g/mol. The van der Waals surface area contributed by atoms with Crippen molar-refractivity contribution in [2.45, 2.75) is 57.2 Å². The van der Waals surface area contributed by atoms with Crippen LogP contribution in [0.25, 0.3) is 0 Å². The van der Waals surface area contributed by atoms with E-state index in [-0.39, 0.29) is 11.5 Å². The number of ether oxygens (including phenoxy) is 2. The lowest BCUT2D eigenvalue weighted by molar-refractivity contribution is -0.135. The van der Waals surface area contributed by atoms with Crippen LogP contribution in [0.3, 0.4) is 0 Å². The van der Waals surface area contributed by atoms with Gasteiger partial charge < -0.3 is 14.8 Å². The van der Waals surface area contributed by atoms with E-state index in [1.165, 1.54) is 38.3 Å². The van der Waals surface area contributed by atoms with E-state index in [2.05, 4.69) is 15.5 Å². The summed E-state index contributed by atoms with van der Waals surface area (Å²) >= 11 is 0. The van der Waals surface area contributed by atoms with Crippen LogP contribution >= 0.6 is 0 Å². The first-order valence-corrected chi connectivity index (χ1v) is 10.4. The molecule has 2 atom stereocenters. The van der Waals surface area contributed by atoms with Gasteiger partial charge >= 0.3 is 6.09 Å². The number of hydrogen-bond donors (Lipinski definition) is 3. The number of carbonyl (C=O) groups excluding carboxylic acids is 2. The van der Waals surface area contributed by atoms with Gasteiger partial charge in [-0.25, -0.2) is 18.7 Å². The Labute approximate surface area is 171 Å². The molecule has 11 heteroatoms. The molecular formula is C18H29N3O7S. The molecule has 0 aliphatic carbocycles. The lowest BCUT2D eigenvalue weighted by Gasteiger charge is -2.22. The number of methoxy groups -OCH3 is 1. The number of nitrogens with one attached hydrogen (secondary N) is 3. The minimum atomic E-state index is -3.90. The Hall–Kier alpha value is -2.37. The van der Waals surface area contributed by atoms with Gasteiger partial charge in [0.1, 0.15) is 17.4 Å². The van der Waals surface area contributed by atoms with Crippen molar-refractivity contribution in [3.63, 3.8) is 0 Å². The molecule has 0 aliphatic heterocycles. The number of rotatable bonds is 9. The standard InChI is InChI=1S/C18H29N3O7S/c1-12(19-17(23)28-18(3,4)5)11-27-20-16(22)13(2)21-29(24,25)15-9-7-14(26-6)8-10-15/h7-10,12-13,21H,11H2,1-6H3,(H,19,23)(H,20,22)/t12-,13+/m1/s1. The number of alkyl carbamates (subject to hydrolysis) is 1. The van der Waals surface area contributed by atoms with Gasteiger partial charge in [0.05, 0.1) is 24.7 Å². The fourth-order valence-electron chi connectivity index (χ4n) is 1.99. The van der Waals surface area contributed by atoms with Crippen LogP contribution in [0.15, 0.2) is 29.2 Å². The molecule has 3 N–H and O–H groups in total. The zero-order chi connectivity index (χ0) is 22.2. The highest BCUT2D eigenvalue weighted by Crippen LogP contribution is 2.15. The summed E-state index contributed by atoms with van der Waals surface area (Å²) in [7, 11) is -2.43. The van der Waals surface area contributed by atoms with Crippen LogP contribution in [0.2, 0.25) is 0 Å². The Morgan fingerprint density at radius 3 is 2.21 bits per heavy atom. The van der Waals surface area contributed by atoms with Crippen molar-refractivity contribution >= 4 is 22.0 Å². The Morgan fingerprint density at radius 2 is 1.69 bits per heavy atom. The van der Waals surface area contributed by atoms with Crippen LogP contribution in [0.1, 0.15) is 34.6 Å². The maximum absolute atomic E-state index is 12.3. The van der Waals surface area contributed by atoms with Gasteiger partial charge in [-0.3, -0.25) is 9.63 Å². The summed E-state index contributed by atoms with van der Waals surface area (Å²) in [6.45, 7) is 8.21. The van der Waals surface area contributed by atoms with Gasteiger partial charge in [-0.1, -0.05) is 0 Å². The zero-order valence-electron chi connectivity index (χ0n) is 17.4. The summed E-state index contributed by atoms with van der Waals surface area (Å²) in [6.07, 6.45) is -0.611. The minimum Gasteiger partial charge on any atom is -0.497 e. The lowest BCUT2D eigenvalue weighted by atomic mass is 10.2. The third kappa shape index (κ3) is 9.11. The normalized spacial score (nSPS) is 13.9. The van der Waals surface area contributed by atoms with E-state index in [0.717, 1.165) is 0 Å². The van der Waals surface area contributed by atoms with Gasteiger partial charge in [0.15, 0.2) is 0 Å². The van der Waals surface area contributed by atoms with E-state index in [0.29, 0.717) is 5.75 Å². The van der Waals surface area contributed by atoms with Crippen LogP contribution in [0.4, 0.5) is 4.79 Å². The van der Waals surface area contributed by atoms with E-state index in [4.69, 9.17) is 14.3 Å². The molecule has 1 aromatic carbocycles. The van der Waals surface area contributed by atoms with Gasteiger partial charge in [0.25, 0.3) is 5.91 Å². The fraction of sp³-hybridized carbons (Fsp3) is 0.556. The van der Waals surface area contributed by atoms with Crippen molar-refractivity contribution < 1.29 is 32.3 Å². The molecule has 2 amide bonds. The Bertz CT molecular complexity index is 789. The molecule has 1 rings (SSSR count). The molecule has 1 aromatic rings. The summed E-state index contributed by atoms with van der Waals surface area (Å²) in [6, 6.07) is 4.20. The number of hydrogen-bond acceptors (Lipinski definition) is 7.